The van der Waals surface area contributed by atoms with Crippen LogP contribution >= 0.6 is 0 Å². The minimum Gasteiger partial charge on any atom is -0.481 e. The Kier molecular flexibility index (Phi) is 5.34. The lowest BCUT2D eigenvalue weighted by molar-refractivity contribution is -0.173. The van der Waals surface area contributed by atoms with Gasteiger partial charge in [0.25, 0.3) is 0 Å². The summed E-state index contributed by atoms with van der Waals surface area (Å²) in [7, 11) is 0. The maximum atomic E-state index is 12.6. The predicted molar refractivity (Wildman–Crippen MR) is 98.3 cm³/mol. The fraction of sp³-hybridized carbons (Fsp3) is 0.905. The second-order valence-electron chi connectivity index (χ2n) is 11.1. The lowest BCUT2D eigenvalue weighted by Crippen LogP contribution is -2.51. The second kappa shape index (κ2) is 6.59. The van der Waals surface area contributed by atoms with E-state index in [1.54, 1.807) is 0 Å². The summed E-state index contributed by atoms with van der Waals surface area (Å²) in [4.78, 5) is 25.0. The smallest absolute Gasteiger partial charge is 0.310 e. The van der Waals surface area contributed by atoms with Crippen molar-refractivity contribution in [1.29, 1.82) is 0 Å². The molecule has 0 aromatic heterocycles. The van der Waals surface area contributed by atoms with Crippen LogP contribution in [0.4, 0.5) is 0 Å². The average Bonchev–Trinajstić information content (AvgIpc) is 2.96. The van der Waals surface area contributed by atoms with E-state index in [-0.39, 0.29) is 16.7 Å². The van der Waals surface area contributed by atoms with Gasteiger partial charge < -0.3 is 10.2 Å². The first-order valence-electron chi connectivity index (χ1n) is 9.71. The third-order valence-corrected chi connectivity index (χ3v) is 6.20. The monoisotopic (exact) mass is 352 g/mol. The molecule has 0 aromatic carbocycles. The lowest BCUT2D eigenvalue weighted by atomic mass is 9.56. The van der Waals surface area contributed by atoms with Gasteiger partial charge in [-0.1, -0.05) is 48.0 Å². The van der Waals surface area contributed by atoms with Crippen LogP contribution in [-0.4, -0.2) is 22.2 Å². The van der Waals surface area contributed by atoms with Gasteiger partial charge in [0.2, 0.25) is 0 Å². The van der Waals surface area contributed by atoms with Crippen LogP contribution in [0, 0.1) is 39.9 Å². The normalized spacial score (nSPS) is 28.2. The van der Waals surface area contributed by atoms with Crippen LogP contribution in [0.3, 0.4) is 0 Å². The van der Waals surface area contributed by atoms with Gasteiger partial charge in [-0.3, -0.25) is 9.59 Å². The Bertz CT molecular complexity index is 507. The molecule has 0 amide bonds. The summed E-state index contributed by atoms with van der Waals surface area (Å²) in [6.07, 6.45) is 5.04. The Morgan fingerprint density at radius 2 is 1.44 bits per heavy atom. The molecule has 2 saturated carbocycles. The van der Waals surface area contributed by atoms with Gasteiger partial charge in [0.15, 0.2) is 0 Å². The average molecular weight is 353 g/mol. The molecule has 0 spiro atoms. The van der Waals surface area contributed by atoms with Gasteiger partial charge in [0.05, 0.1) is 11.3 Å². The first-order chi connectivity index (χ1) is 11.3. The summed E-state index contributed by atoms with van der Waals surface area (Å²) in [6, 6.07) is 0. The highest BCUT2D eigenvalue weighted by molar-refractivity contribution is 5.84. The predicted octanol–water partition coefficient (Wildman–Crippen LogP) is 5.07. The standard InChI is InChI=1S/C21H36O4/c1-19(2,3)11-21(18(24)25,12-20(4,5)6)16(17(22)23)15-10-13-7-8-14(15)9-13/h13-16H,7-12H2,1-6H3,(H,22,23)(H,24,25). The van der Waals surface area contributed by atoms with Crippen molar-refractivity contribution in [2.45, 2.75) is 80.1 Å². The maximum absolute atomic E-state index is 12.6. The molecule has 2 aliphatic carbocycles. The molecule has 0 radical (unpaired) electrons. The van der Waals surface area contributed by atoms with E-state index in [2.05, 4.69) is 0 Å². The van der Waals surface area contributed by atoms with Gasteiger partial charge in [-0.25, -0.2) is 0 Å². The molecule has 4 heteroatoms. The highest BCUT2D eigenvalue weighted by Crippen LogP contribution is 2.58. The van der Waals surface area contributed by atoms with E-state index in [4.69, 9.17) is 0 Å². The first-order valence-corrected chi connectivity index (χ1v) is 9.71. The van der Waals surface area contributed by atoms with E-state index in [9.17, 15) is 19.8 Å². The van der Waals surface area contributed by atoms with Crippen LogP contribution < -0.4 is 0 Å². The van der Waals surface area contributed by atoms with Gasteiger partial charge in [-0.05, 0) is 60.7 Å². The zero-order valence-corrected chi connectivity index (χ0v) is 16.8. The topological polar surface area (TPSA) is 74.6 Å². The molecule has 4 atom stereocenters. The van der Waals surface area contributed by atoms with Crippen LogP contribution in [0.2, 0.25) is 0 Å². The third-order valence-electron chi connectivity index (χ3n) is 6.20. The summed E-state index contributed by atoms with van der Waals surface area (Å²) in [6.45, 7) is 12.1. The van der Waals surface area contributed by atoms with Crippen molar-refractivity contribution in [2.24, 2.45) is 39.9 Å². The van der Waals surface area contributed by atoms with Crippen molar-refractivity contribution in [3.05, 3.63) is 0 Å². The van der Waals surface area contributed by atoms with E-state index in [0.29, 0.717) is 24.7 Å². The first kappa shape index (κ1) is 20.3. The number of hydrogen-bond donors (Lipinski definition) is 2. The van der Waals surface area contributed by atoms with Crippen molar-refractivity contribution < 1.29 is 19.8 Å². The zero-order chi connectivity index (χ0) is 19.2. The minimum atomic E-state index is -1.21. The molecule has 0 aliphatic heterocycles. The van der Waals surface area contributed by atoms with Gasteiger partial charge in [0, 0.05) is 0 Å². The second-order valence-corrected chi connectivity index (χ2v) is 11.1. The number of fused-ring (bicyclic) bond motifs is 2. The summed E-state index contributed by atoms with van der Waals surface area (Å²) in [5, 5.41) is 20.5. The van der Waals surface area contributed by atoms with Crippen molar-refractivity contribution in [3.8, 4) is 0 Å². The Hall–Kier alpha value is -1.06. The Morgan fingerprint density at radius 1 is 0.920 bits per heavy atom. The molecule has 2 rings (SSSR count). The molecule has 0 aromatic rings. The molecule has 2 aliphatic rings. The van der Waals surface area contributed by atoms with Crippen LogP contribution in [-0.2, 0) is 9.59 Å². The molecule has 2 fully saturated rings. The number of rotatable bonds is 6. The van der Waals surface area contributed by atoms with Crippen LogP contribution in [0.25, 0.3) is 0 Å². The molecule has 25 heavy (non-hydrogen) atoms. The molecule has 144 valence electrons. The fourth-order valence-electron chi connectivity index (χ4n) is 5.99. The quantitative estimate of drug-likeness (QED) is 0.700. The van der Waals surface area contributed by atoms with Crippen molar-refractivity contribution in [1.82, 2.24) is 0 Å². The fourth-order valence-corrected chi connectivity index (χ4v) is 5.99. The van der Waals surface area contributed by atoms with E-state index in [0.717, 1.165) is 19.3 Å². The molecule has 0 heterocycles. The highest BCUT2D eigenvalue weighted by atomic mass is 16.4. The molecular formula is C21H36O4. The maximum Gasteiger partial charge on any atom is 0.310 e. The largest absolute Gasteiger partial charge is 0.481 e. The summed E-state index contributed by atoms with van der Waals surface area (Å²) < 4.78 is 0. The number of aliphatic carboxylic acids is 2. The molecule has 0 saturated heterocycles. The minimum absolute atomic E-state index is 0.0112. The lowest BCUT2D eigenvalue weighted by Gasteiger charge is -2.46. The number of hydrogen-bond acceptors (Lipinski definition) is 2. The van der Waals surface area contributed by atoms with Crippen LogP contribution in [0.5, 0.6) is 0 Å². The summed E-state index contributed by atoms with van der Waals surface area (Å²) >= 11 is 0. The SMILES string of the molecule is CC(C)(C)CC(CC(C)(C)C)(C(=O)O)C(C(=O)O)C1CC2CCC1C2. The molecule has 2 N–H and O–H groups in total. The van der Waals surface area contributed by atoms with Crippen molar-refractivity contribution in [2.75, 3.05) is 0 Å². The van der Waals surface area contributed by atoms with Crippen LogP contribution in [0.1, 0.15) is 80.1 Å². The molecule has 4 unspecified atom stereocenters. The van der Waals surface area contributed by atoms with Gasteiger partial charge in [-0.15, -0.1) is 0 Å². The number of carbonyl (C=O) groups is 2. The van der Waals surface area contributed by atoms with E-state index < -0.39 is 23.3 Å². The van der Waals surface area contributed by atoms with Crippen molar-refractivity contribution >= 4 is 11.9 Å². The molecule has 4 nitrogen and oxygen atoms in total. The Morgan fingerprint density at radius 3 is 1.72 bits per heavy atom. The number of carboxylic acid groups (broad SMARTS) is 2. The molecular weight excluding hydrogens is 316 g/mol. The number of carboxylic acids is 2. The Balaban J connectivity index is 2.52. The van der Waals surface area contributed by atoms with E-state index in [1.165, 1.54) is 6.42 Å². The van der Waals surface area contributed by atoms with E-state index in [1.807, 2.05) is 41.5 Å². The van der Waals surface area contributed by atoms with Gasteiger partial charge >= 0.3 is 11.9 Å². The van der Waals surface area contributed by atoms with E-state index >= 15 is 0 Å². The third kappa shape index (κ3) is 4.38. The summed E-state index contributed by atoms with van der Waals surface area (Å²) in [5.41, 5.74) is -1.69. The van der Waals surface area contributed by atoms with Crippen molar-refractivity contribution in [3.63, 3.8) is 0 Å². The van der Waals surface area contributed by atoms with Crippen LogP contribution in [0.15, 0.2) is 0 Å². The van der Waals surface area contributed by atoms with Gasteiger partial charge in [-0.2, -0.15) is 0 Å². The van der Waals surface area contributed by atoms with Gasteiger partial charge in [0.1, 0.15) is 0 Å². The zero-order valence-electron chi connectivity index (χ0n) is 16.8. The highest BCUT2D eigenvalue weighted by Gasteiger charge is 2.59. The molecule has 2 bridgehead atoms. The Labute approximate surface area is 152 Å². The summed E-state index contributed by atoms with van der Waals surface area (Å²) in [5.74, 6) is -1.62.